The van der Waals surface area contributed by atoms with Gasteiger partial charge in [0, 0.05) is 13.1 Å². The van der Waals surface area contributed by atoms with Gasteiger partial charge in [0.2, 0.25) is 0 Å². The van der Waals surface area contributed by atoms with Crippen LogP contribution in [0.2, 0.25) is 0 Å². The molecule has 0 aliphatic carbocycles. The number of hydrogen-bond acceptors (Lipinski definition) is 3. The van der Waals surface area contributed by atoms with E-state index in [1.54, 1.807) is 0 Å². The second-order valence-corrected chi connectivity index (χ2v) is 5.25. The van der Waals surface area contributed by atoms with Crippen molar-refractivity contribution in [3.63, 3.8) is 0 Å². The van der Waals surface area contributed by atoms with Gasteiger partial charge in [0.15, 0.2) is 0 Å². The summed E-state index contributed by atoms with van der Waals surface area (Å²) in [5.41, 5.74) is 1.09. The Morgan fingerprint density at radius 1 is 1.14 bits per heavy atom. The molecule has 1 aromatic carbocycles. The Bertz CT molecular complexity index is 526. The number of aliphatic carboxylic acids is 2. The zero-order chi connectivity index (χ0) is 15.2. The third-order valence-electron chi connectivity index (χ3n) is 3.80. The molecule has 1 fully saturated rings. The summed E-state index contributed by atoms with van der Waals surface area (Å²) in [5, 5.41) is 18.2. The minimum absolute atomic E-state index is 0.283. The average molecular weight is 289 g/mol. The lowest BCUT2D eigenvalue weighted by Gasteiger charge is -2.33. The molecule has 1 aliphatic heterocycles. The topological polar surface area (TPSA) is 77.8 Å². The van der Waals surface area contributed by atoms with E-state index in [2.05, 4.69) is 0 Å². The lowest BCUT2D eigenvalue weighted by molar-refractivity contribution is -0.157. The highest BCUT2D eigenvalue weighted by atomic mass is 16.4. The van der Waals surface area contributed by atoms with Crippen molar-refractivity contribution in [1.82, 2.24) is 4.90 Å². The first kappa shape index (κ1) is 15.3. The minimum atomic E-state index is -1.03. The van der Waals surface area contributed by atoms with Gasteiger partial charge in [-0.15, -0.1) is 0 Å². The molecule has 2 rings (SSSR count). The van der Waals surface area contributed by atoms with Gasteiger partial charge in [-0.25, -0.2) is 0 Å². The summed E-state index contributed by atoms with van der Waals surface area (Å²) < 4.78 is 0. The Balaban J connectivity index is 1.92. The zero-order valence-electron chi connectivity index (χ0n) is 11.7. The van der Waals surface area contributed by atoms with E-state index in [4.69, 9.17) is 5.11 Å². The first-order chi connectivity index (χ1) is 10.1. The Kier molecular flexibility index (Phi) is 5.11. The minimum Gasteiger partial charge on any atom is -0.481 e. The standard InChI is InChI=1S/C16H19NO4/c18-15(19)13-8-10-17(11-14(13)16(20)21)9-4-7-12-5-2-1-3-6-12/h1-7,13-14H,8-11H2,(H,18,19)(H,20,21)/b7-4+. The van der Waals surface area contributed by atoms with E-state index in [0.717, 1.165) is 5.56 Å². The summed E-state index contributed by atoms with van der Waals surface area (Å²) in [7, 11) is 0. The van der Waals surface area contributed by atoms with Crippen LogP contribution in [0.15, 0.2) is 36.4 Å². The van der Waals surface area contributed by atoms with Crippen LogP contribution >= 0.6 is 0 Å². The smallest absolute Gasteiger partial charge is 0.308 e. The van der Waals surface area contributed by atoms with Crippen molar-refractivity contribution in [3.8, 4) is 0 Å². The summed E-state index contributed by atoms with van der Waals surface area (Å²) in [6.07, 6.45) is 4.35. The number of benzene rings is 1. The predicted molar refractivity (Wildman–Crippen MR) is 78.8 cm³/mol. The number of nitrogens with zero attached hydrogens (tertiary/aromatic N) is 1. The van der Waals surface area contributed by atoms with E-state index in [1.807, 2.05) is 47.4 Å². The molecule has 1 heterocycles. The second-order valence-electron chi connectivity index (χ2n) is 5.25. The van der Waals surface area contributed by atoms with Crippen LogP contribution in [-0.2, 0) is 9.59 Å². The first-order valence-corrected chi connectivity index (χ1v) is 6.97. The Morgan fingerprint density at radius 3 is 2.43 bits per heavy atom. The SMILES string of the molecule is O=C(O)C1CCN(C/C=C/c2ccccc2)CC1C(=O)O. The molecular weight excluding hydrogens is 270 g/mol. The highest BCUT2D eigenvalue weighted by Gasteiger charge is 2.38. The molecule has 5 heteroatoms. The molecule has 2 N–H and O–H groups in total. The summed E-state index contributed by atoms with van der Waals surface area (Å²) in [5.74, 6) is -3.65. The zero-order valence-corrected chi connectivity index (χ0v) is 11.7. The first-order valence-electron chi connectivity index (χ1n) is 6.97. The predicted octanol–water partition coefficient (Wildman–Crippen LogP) is 1.81. The normalized spacial score (nSPS) is 23.2. The number of carboxylic acids is 2. The molecule has 1 aromatic rings. The van der Waals surface area contributed by atoms with Crippen LogP contribution < -0.4 is 0 Å². The number of hydrogen-bond donors (Lipinski definition) is 2. The molecular formula is C16H19NO4. The van der Waals surface area contributed by atoms with E-state index in [0.29, 0.717) is 19.5 Å². The van der Waals surface area contributed by atoms with Crippen LogP contribution in [0, 0.1) is 11.8 Å². The maximum absolute atomic E-state index is 11.2. The summed E-state index contributed by atoms with van der Waals surface area (Å²) >= 11 is 0. The molecule has 2 atom stereocenters. The van der Waals surface area contributed by atoms with Crippen molar-refractivity contribution < 1.29 is 19.8 Å². The molecule has 0 radical (unpaired) electrons. The van der Waals surface area contributed by atoms with Crippen LogP contribution in [0.25, 0.3) is 6.08 Å². The van der Waals surface area contributed by atoms with Crippen molar-refractivity contribution in [3.05, 3.63) is 42.0 Å². The van der Waals surface area contributed by atoms with Crippen molar-refractivity contribution in [2.45, 2.75) is 6.42 Å². The van der Waals surface area contributed by atoms with Gasteiger partial charge in [0.05, 0.1) is 11.8 Å². The van der Waals surface area contributed by atoms with Gasteiger partial charge < -0.3 is 10.2 Å². The number of likely N-dealkylation sites (tertiary alicyclic amines) is 1. The third kappa shape index (κ3) is 4.16. The molecule has 5 nitrogen and oxygen atoms in total. The largest absolute Gasteiger partial charge is 0.481 e. The summed E-state index contributed by atoms with van der Waals surface area (Å²) in [6.45, 7) is 1.52. The molecule has 0 aromatic heterocycles. The van der Waals surface area contributed by atoms with E-state index in [9.17, 15) is 14.7 Å². The number of rotatable bonds is 5. The fourth-order valence-electron chi connectivity index (χ4n) is 2.63. The number of piperidine rings is 1. The monoisotopic (exact) mass is 289 g/mol. The van der Waals surface area contributed by atoms with Crippen LogP contribution in [0.1, 0.15) is 12.0 Å². The second kappa shape index (κ2) is 7.04. The third-order valence-corrected chi connectivity index (χ3v) is 3.80. The van der Waals surface area contributed by atoms with Crippen LogP contribution in [0.3, 0.4) is 0 Å². The molecule has 112 valence electrons. The van der Waals surface area contributed by atoms with Crippen LogP contribution in [0.5, 0.6) is 0 Å². The van der Waals surface area contributed by atoms with Gasteiger partial charge >= 0.3 is 11.9 Å². The number of carboxylic acid groups (broad SMARTS) is 2. The Hall–Kier alpha value is -2.14. The molecule has 0 amide bonds. The highest BCUT2D eigenvalue weighted by Crippen LogP contribution is 2.24. The maximum Gasteiger partial charge on any atom is 0.308 e. The summed E-state index contributed by atoms with van der Waals surface area (Å²) in [6, 6.07) is 9.85. The fourth-order valence-corrected chi connectivity index (χ4v) is 2.63. The van der Waals surface area contributed by atoms with E-state index in [-0.39, 0.29) is 6.54 Å². The quantitative estimate of drug-likeness (QED) is 0.864. The van der Waals surface area contributed by atoms with Crippen molar-refractivity contribution in [2.75, 3.05) is 19.6 Å². The van der Waals surface area contributed by atoms with Crippen molar-refractivity contribution >= 4 is 18.0 Å². The van der Waals surface area contributed by atoms with Gasteiger partial charge in [0.25, 0.3) is 0 Å². The lowest BCUT2D eigenvalue weighted by atomic mass is 9.85. The lowest BCUT2D eigenvalue weighted by Crippen LogP contribution is -2.46. The van der Waals surface area contributed by atoms with Crippen molar-refractivity contribution in [2.24, 2.45) is 11.8 Å². The van der Waals surface area contributed by atoms with E-state index < -0.39 is 23.8 Å². The van der Waals surface area contributed by atoms with E-state index >= 15 is 0 Å². The summed E-state index contributed by atoms with van der Waals surface area (Å²) in [4.78, 5) is 24.3. The van der Waals surface area contributed by atoms with Gasteiger partial charge in [-0.2, -0.15) is 0 Å². The Labute approximate surface area is 123 Å². The Morgan fingerprint density at radius 2 is 1.81 bits per heavy atom. The highest BCUT2D eigenvalue weighted by molar-refractivity contribution is 5.80. The molecule has 0 saturated carbocycles. The van der Waals surface area contributed by atoms with Gasteiger partial charge in [-0.1, -0.05) is 42.5 Å². The van der Waals surface area contributed by atoms with Gasteiger partial charge in [0.1, 0.15) is 0 Å². The molecule has 0 spiro atoms. The van der Waals surface area contributed by atoms with Gasteiger partial charge in [-0.3, -0.25) is 14.5 Å². The fraction of sp³-hybridized carbons (Fsp3) is 0.375. The molecule has 0 bridgehead atoms. The molecule has 1 saturated heterocycles. The molecule has 1 aliphatic rings. The van der Waals surface area contributed by atoms with Crippen LogP contribution in [-0.4, -0.2) is 46.7 Å². The maximum atomic E-state index is 11.2. The van der Waals surface area contributed by atoms with Gasteiger partial charge in [-0.05, 0) is 18.5 Å². The van der Waals surface area contributed by atoms with E-state index in [1.165, 1.54) is 0 Å². The average Bonchev–Trinajstić information content (AvgIpc) is 2.48. The molecule has 2 unspecified atom stereocenters. The number of carbonyl (C=O) groups is 2. The van der Waals surface area contributed by atoms with Crippen molar-refractivity contribution in [1.29, 1.82) is 0 Å². The van der Waals surface area contributed by atoms with Crippen LogP contribution in [0.4, 0.5) is 0 Å². The molecule has 21 heavy (non-hydrogen) atoms.